The SMILES string of the molecule is CCC(C)(O)CNCc1nc(C)c(C)s1. The molecule has 1 atom stereocenters. The first kappa shape index (κ1) is 12.6. The van der Waals surface area contributed by atoms with Crippen molar-refractivity contribution in [1.82, 2.24) is 10.3 Å². The Hall–Kier alpha value is -0.450. The molecule has 0 radical (unpaired) electrons. The van der Waals surface area contributed by atoms with Gasteiger partial charge in [0, 0.05) is 18.0 Å². The summed E-state index contributed by atoms with van der Waals surface area (Å²) in [5.41, 5.74) is 0.500. The van der Waals surface area contributed by atoms with Gasteiger partial charge in [0.05, 0.1) is 11.3 Å². The number of aliphatic hydroxyl groups is 1. The number of hydrogen-bond acceptors (Lipinski definition) is 4. The van der Waals surface area contributed by atoms with Crippen molar-refractivity contribution < 1.29 is 5.11 Å². The van der Waals surface area contributed by atoms with Gasteiger partial charge in [0.1, 0.15) is 5.01 Å². The smallest absolute Gasteiger partial charge is 0.107 e. The van der Waals surface area contributed by atoms with E-state index in [0.717, 1.165) is 23.7 Å². The van der Waals surface area contributed by atoms with Gasteiger partial charge in [-0.1, -0.05) is 6.92 Å². The molecule has 0 aromatic carbocycles. The van der Waals surface area contributed by atoms with E-state index in [4.69, 9.17) is 0 Å². The quantitative estimate of drug-likeness (QED) is 0.810. The van der Waals surface area contributed by atoms with Gasteiger partial charge in [-0.05, 0) is 27.2 Å². The van der Waals surface area contributed by atoms with E-state index in [1.54, 1.807) is 11.3 Å². The van der Waals surface area contributed by atoms with Crippen LogP contribution in [0.4, 0.5) is 0 Å². The first-order chi connectivity index (χ1) is 6.94. The molecule has 3 nitrogen and oxygen atoms in total. The van der Waals surface area contributed by atoms with Crippen molar-refractivity contribution in [1.29, 1.82) is 0 Å². The van der Waals surface area contributed by atoms with Gasteiger partial charge in [-0.25, -0.2) is 4.98 Å². The average Bonchev–Trinajstić information content (AvgIpc) is 2.46. The maximum Gasteiger partial charge on any atom is 0.107 e. The van der Waals surface area contributed by atoms with Crippen LogP contribution in [0.3, 0.4) is 0 Å². The summed E-state index contributed by atoms with van der Waals surface area (Å²) in [6.07, 6.45) is 0.760. The fourth-order valence-corrected chi connectivity index (χ4v) is 2.08. The second-order valence-electron chi connectivity index (χ2n) is 4.20. The third kappa shape index (κ3) is 3.89. The first-order valence-corrected chi connectivity index (χ1v) is 6.12. The summed E-state index contributed by atoms with van der Waals surface area (Å²) in [5.74, 6) is 0. The minimum atomic E-state index is -0.610. The predicted molar refractivity (Wildman–Crippen MR) is 64.2 cm³/mol. The molecule has 0 bridgehead atoms. The van der Waals surface area contributed by atoms with Gasteiger partial charge >= 0.3 is 0 Å². The van der Waals surface area contributed by atoms with Crippen molar-refractivity contribution in [2.24, 2.45) is 0 Å². The Morgan fingerprint density at radius 3 is 2.60 bits per heavy atom. The molecule has 0 fully saturated rings. The van der Waals surface area contributed by atoms with E-state index in [9.17, 15) is 5.11 Å². The summed E-state index contributed by atoms with van der Waals surface area (Å²) in [7, 11) is 0. The van der Waals surface area contributed by atoms with E-state index in [-0.39, 0.29) is 0 Å². The van der Waals surface area contributed by atoms with E-state index < -0.39 is 5.60 Å². The van der Waals surface area contributed by atoms with Gasteiger partial charge in [-0.2, -0.15) is 0 Å². The van der Waals surface area contributed by atoms with Gasteiger partial charge in [0.2, 0.25) is 0 Å². The molecule has 1 aromatic rings. The maximum atomic E-state index is 9.78. The Kier molecular flexibility index (Phi) is 4.25. The highest BCUT2D eigenvalue weighted by molar-refractivity contribution is 7.11. The third-order valence-electron chi connectivity index (χ3n) is 2.62. The number of aromatic nitrogens is 1. The Balaban J connectivity index is 2.38. The van der Waals surface area contributed by atoms with Crippen LogP contribution in [0.2, 0.25) is 0 Å². The molecule has 86 valence electrons. The number of thiazole rings is 1. The van der Waals surface area contributed by atoms with E-state index >= 15 is 0 Å². The summed E-state index contributed by atoms with van der Waals surface area (Å²) in [6, 6.07) is 0. The maximum absolute atomic E-state index is 9.78. The third-order valence-corrected chi connectivity index (χ3v) is 3.69. The molecule has 15 heavy (non-hydrogen) atoms. The highest BCUT2D eigenvalue weighted by Gasteiger charge is 2.16. The zero-order chi connectivity index (χ0) is 11.5. The molecule has 0 aliphatic carbocycles. The number of hydrogen-bond donors (Lipinski definition) is 2. The van der Waals surface area contributed by atoms with Crippen molar-refractivity contribution in [3.05, 3.63) is 15.6 Å². The van der Waals surface area contributed by atoms with Crippen LogP contribution in [0.1, 0.15) is 35.8 Å². The fourth-order valence-electron chi connectivity index (χ4n) is 1.18. The van der Waals surface area contributed by atoms with E-state index in [1.807, 2.05) is 20.8 Å². The Bertz CT molecular complexity index is 301. The minimum absolute atomic E-state index is 0.610. The van der Waals surface area contributed by atoms with E-state index in [2.05, 4.69) is 17.2 Å². The largest absolute Gasteiger partial charge is 0.389 e. The minimum Gasteiger partial charge on any atom is -0.389 e. The second-order valence-corrected chi connectivity index (χ2v) is 5.49. The molecule has 0 amide bonds. The summed E-state index contributed by atoms with van der Waals surface area (Å²) in [5, 5.41) is 14.1. The van der Waals surface area contributed by atoms with Crippen LogP contribution in [0.15, 0.2) is 0 Å². The van der Waals surface area contributed by atoms with E-state index in [1.165, 1.54) is 4.88 Å². The van der Waals surface area contributed by atoms with Crippen molar-refractivity contribution in [2.75, 3.05) is 6.54 Å². The molecule has 1 aromatic heterocycles. The lowest BCUT2D eigenvalue weighted by Crippen LogP contribution is -2.36. The normalized spacial score (nSPS) is 15.3. The molecule has 1 unspecified atom stereocenters. The average molecular weight is 228 g/mol. The summed E-state index contributed by atoms with van der Waals surface area (Å²) < 4.78 is 0. The van der Waals surface area contributed by atoms with Crippen LogP contribution >= 0.6 is 11.3 Å². The van der Waals surface area contributed by atoms with E-state index in [0.29, 0.717) is 6.54 Å². The second kappa shape index (κ2) is 5.05. The molecule has 1 rings (SSSR count). The lowest BCUT2D eigenvalue weighted by atomic mass is 10.0. The van der Waals surface area contributed by atoms with Crippen LogP contribution in [0, 0.1) is 13.8 Å². The Labute approximate surface area is 95.6 Å². The van der Waals surface area contributed by atoms with Crippen LogP contribution in [-0.4, -0.2) is 22.2 Å². The molecule has 0 saturated carbocycles. The summed E-state index contributed by atoms with van der Waals surface area (Å²) in [4.78, 5) is 5.70. The number of nitrogens with zero attached hydrogens (tertiary/aromatic N) is 1. The molecule has 1 heterocycles. The molecule has 0 saturated heterocycles. The van der Waals surface area contributed by atoms with Crippen molar-refractivity contribution in [2.45, 2.75) is 46.3 Å². The van der Waals surface area contributed by atoms with Gasteiger partial charge in [0.25, 0.3) is 0 Å². The highest BCUT2D eigenvalue weighted by atomic mass is 32.1. The Morgan fingerprint density at radius 1 is 1.47 bits per heavy atom. The number of aryl methyl sites for hydroxylation is 2. The van der Waals surface area contributed by atoms with Gasteiger partial charge < -0.3 is 10.4 Å². The monoisotopic (exact) mass is 228 g/mol. The zero-order valence-electron chi connectivity index (χ0n) is 9.92. The highest BCUT2D eigenvalue weighted by Crippen LogP contribution is 2.16. The summed E-state index contributed by atoms with van der Waals surface area (Å²) in [6.45, 7) is 9.30. The van der Waals surface area contributed by atoms with Crippen molar-refractivity contribution in [3.8, 4) is 0 Å². The fraction of sp³-hybridized carbons (Fsp3) is 0.727. The molecular formula is C11H20N2OS. The molecule has 0 spiro atoms. The van der Waals surface area contributed by atoms with Crippen LogP contribution in [-0.2, 0) is 6.54 Å². The van der Waals surface area contributed by atoms with Crippen LogP contribution in [0.25, 0.3) is 0 Å². The lowest BCUT2D eigenvalue weighted by Gasteiger charge is -2.21. The molecule has 0 aliphatic heterocycles. The zero-order valence-corrected chi connectivity index (χ0v) is 10.7. The van der Waals surface area contributed by atoms with Crippen LogP contribution in [0.5, 0.6) is 0 Å². The summed E-state index contributed by atoms with van der Waals surface area (Å²) >= 11 is 1.72. The number of rotatable bonds is 5. The molecular weight excluding hydrogens is 208 g/mol. The van der Waals surface area contributed by atoms with Crippen molar-refractivity contribution in [3.63, 3.8) is 0 Å². The van der Waals surface area contributed by atoms with Gasteiger partial charge in [0.15, 0.2) is 0 Å². The number of nitrogens with one attached hydrogen (secondary N) is 1. The Morgan fingerprint density at radius 2 is 2.13 bits per heavy atom. The molecule has 4 heteroatoms. The molecule has 2 N–H and O–H groups in total. The predicted octanol–water partition coefficient (Wildman–Crippen LogP) is 2.01. The van der Waals surface area contributed by atoms with Crippen LogP contribution < -0.4 is 5.32 Å². The molecule has 0 aliphatic rings. The lowest BCUT2D eigenvalue weighted by molar-refractivity contribution is 0.0555. The van der Waals surface area contributed by atoms with Crippen molar-refractivity contribution >= 4 is 11.3 Å². The standard InChI is InChI=1S/C11H20N2OS/c1-5-11(4,14)7-12-6-10-13-8(2)9(3)15-10/h12,14H,5-7H2,1-4H3. The first-order valence-electron chi connectivity index (χ1n) is 5.30. The van der Waals surface area contributed by atoms with Gasteiger partial charge in [-0.15, -0.1) is 11.3 Å². The topological polar surface area (TPSA) is 45.1 Å². The van der Waals surface area contributed by atoms with Gasteiger partial charge in [-0.3, -0.25) is 0 Å².